The lowest BCUT2D eigenvalue weighted by Crippen LogP contribution is -2.54. The zero-order valence-electron chi connectivity index (χ0n) is 19.1. The van der Waals surface area contributed by atoms with Gasteiger partial charge in [0.1, 0.15) is 18.4 Å². The second-order valence-electron chi connectivity index (χ2n) is 8.01. The molecule has 1 aromatic heterocycles. The maximum atomic E-state index is 12.5. The fourth-order valence-corrected chi connectivity index (χ4v) is 3.17. The van der Waals surface area contributed by atoms with E-state index in [1.807, 2.05) is 13.0 Å². The number of amides is 3. The molecule has 0 unspecified atom stereocenters. The van der Waals surface area contributed by atoms with Gasteiger partial charge in [-0.3, -0.25) is 25.2 Å². The van der Waals surface area contributed by atoms with Gasteiger partial charge >= 0.3 is 0 Å². The van der Waals surface area contributed by atoms with Gasteiger partial charge in [0.05, 0.1) is 6.26 Å². The van der Waals surface area contributed by atoms with Gasteiger partial charge in [-0.05, 0) is 66.4 Å². The molecular weight excluding hydrogens is 458 g/mol. The second-order valence-corrected chi connectivity index (χ2v) is 8.42. The normalized spacial score (nSPS) is 11.6. The molecule has 2 aromatic carbocycles. The number of halogens is 1. The zero-order chi connectivity index (χ0) is 24.7. The van der Waals surface area contributed by atoms with Crippen LogP contribution in [0, 0.1) is 12.8 Å². The average molecular weight is 484 g/mol. The lowest BCUT2D eigenvalue weighted by atomic mass is 10.0. The van der Waals surface area contributed by atoms with E-state index >= 15 is 0 Å². The number of benzene rings is 2. The van der Waals surface area contributed by atoms with Crippen molar-refractivity contribution < 1.29 is 23.5 Å². The summed E-state index contributed by atoms with van der Waals surface area (Å²) >= 11 is 6.02. The first-order chi connectivity index (χ1) is 16.2. The molecule has 3 N–H and O–H groups in total. The highest BCUT2D eigenvalue weighted by molar-refractivity contribution is 6.31. The minimum absolute atomic E-state index is 0.0951. The number of hydrazine groups is 1. The van der Waals surface area contributed by atoms with Crippen LogP contribution in [0.4, 0.5) is 0 Å². The number of rotatable bonds is 8. The highest BCUT2D eigenvalue weighted by Gasteiger charge is 2.26. The number of carbonyl (C=O) groups excluding carboxylic acids is 3. The van der Waals surface area contributed by atoms with E-state index in [1.54, 1.807) is 56.3 Å². The third-order valence-corrected chi connectivity index (χ3v) is 5.46. The maximum Gasteiger partial charge on any atom is 0.287 e. The Morgan fingerprint density at radius 1 is 1.00 bits per heavy atom. The molecule has 3 amide bonds. The van der Waals surface area contributed by atoms with Gasteiger partial charge in [-0.1, -0.05) is 37.6 Å². The van der Waals surface area contributed by atoms with Crippen LogP contribution >= 0.6 is 11.6 Å². The molecule has 34 heavy (non-hydrogen) atoms. The first-order valence-corrected chi connectivity index (χ1v) is 11.0. The van der Waals surface area contributed by atoms with E-state index in [2.05, 4.69) is 16.2 Å². The van der Waals surface area contributed by atoms with Crippen molar-refractivity contribution in [3.05, 3.63) is 88.3 Å². The summed E-state index contributed by atoms with van der Waals surface area (Å²) in [6.45, 7) is 5.78. The molecule has 3 aromatic rings. The number of nitrogens with one attached hydrogen (secondary N) is 3. The molecule has 8 nitrogen and oxygen atoms in total. The van der Waals surface area contributed by atoms with Crippen LogP contribution in [0.25, 0.3) is 0 Å². The van der Waals surface area contributed by atoms with Gasteiger partial charge in [-0.2, -0.15) is 0 Å². The highest BCUT2D eigenvalue weighted by atomic mass is 35.5. The number of carbonyl (C=O) groups is 3. The smallest absolute Gasteiger partial charge is 0.287 e. The average Bonchev–Trinajstić information content (AvgIpc) is 3.37. The van der Waals surface area contributed by atoms with Crippen molar-refractivity contribution >= 4 is 29.3 Å². The standard InChI is InChI=1S/C25H26ClN3O5/c1-15(2)22(27-24(31)21-5-4-12-33-21)25(32)29-28-23(30)18-8-6-17(7-9-18)14-34-19-10-11-20(26)16(3)13-19/h4-13,15,22H,14H2,1-3H3,(H,27,31)(H,28,30)(H,29,32)/t22-/m0/s1. The van der Waals surface area contributed by atoms with Gasteiger partial charge in [0, 0.05) is 10.6 Å². The molecule has 0 aliphatic carbocycles. The van der Waals surface area contributed by atoms with Crippen molar-refractivity contribution in [3.8, 4) is 5.75 Å². The van der Waals surface area contributed by atoms with Crippen LogP contribution < -0.4 is 20.9 Å². The van der Waals surface area contributed by atoms with E-state index in [1.165, 1.54) is 12.3 Å². The summed E-state index contributed by atoms with van der Waals surface area (Å²) in [4.78, 5) is 37.2. The van der Waals surface area contributed by atoms with Gasteiger partial charge in [0.2, 0.25) is 0 Å². The largest absolute Gasteiger partial charge is 0.489 e. The van der Waals surface area contributed by atoms with Crippen LogP contribution in [0.3, 0.4) is 0 Å². The first-order valence-electron chi connectivity index (χ1n) is 10.7. The topological polar surface area (TPSA) is 110 Å². The van der Waals surface area contributed by atoms with Crippen LogP contribution in [-0.4, -0.2) is 23.8 Å². The van der Waals surface area contributed by atoms with Gasteiger partial charge < -0.3 is 14.5 Å². The van der Waals surface area contributed by atoms with Gasteiger partial charge in [0.15, 0.2) is 5.76 Å². The van der Waals surface area contributed by atoms with Crippen molar-refractivity contribution in [1.29, 1.82) is 0 Å². The summed E-state index contributed by atoms with van der Waals surface area (Å²) in [7, 11) is 0. The fraction of sp³-hybridized carbons (Fsp3) is 0.240. The van der Waals surface area contributed by atoms with E-state index in [0.717, 1.165) is 11.1 Å². The number of hydrogen-bond acceptors (Lipinski definition) is 5. The quantitative estimate of drug-likeness (QED) is 0.419. The third-order valence-electron chi connectivity index (χ3n) is 5.03. The minimum Gasteiger partial charge on any atom is -0.489 e. The Morgan fingerprint density at radius 3 is 2.35 bits per heavy atom. The van der Waals surface area contributed by atoms with Crippen LogP contribution in [0.1, 0.15) is 45.9 Å². The van der Waals surface area contributed by atoms with Gasteiger partial charge in [-0.25, -0.2) is 0 Å². The predicted octanol–water partition coefficient (Wildman–Crippen LogP) is 4.04. The minimum atomic E-state index is -0.867. The van der Waals surface area contributed by atoms with Crippen LogP contribution in [0.5, 0.6) is 5.75 Å². The molecule has 1 heterocycles. The summed E-state index contributed by atoms with van der Waals surface area (Å²) in [6.07, 6.45) is 1.37. The van der Waals surface area contributed by atoms with Crippen molar-refractivity contribution in [1.82, 2.24) is 16.2 Å². The van der Waals surface area contributed by atoms with E-state index in [4.69, 9.17) is 20.8 Å². The predicted molar refractivity (Wildman–Crippen MR) is 127 cm³/mol. The van der Waals surface area contributed by atoms with Crippen molar-refractivity contribution in [2.45, 2.75) is 33.4 Å². The molecule has 9 heteroatoms. The molecule has 0 bridgehead atoms. The summed E-state index contributed by atoms with van der Waals surface area (Å²) in [5, 5.41) is 3.28. The number of furan rings is 1. The summed E-state index contributed by atoms with van der Waals surface area (Å²) in [5.41, 5.74) is 6.89. The van der Waals surface area contributed by atoms with Gasteiger partial charge in [-0.15, -0.1) is 0 Å². The van der Waals surface area contributed by atoms with E-state index in [9.17, 15) is 14.4 Å². The Hall–Kier alpha value is -3.78. The molecule has 178 valence electrons. The lowest BCUT2D eigenvalue weighted by molar-refractivity contribution is -0.124. The Labute approximate surface area is 202 Å². The second kappa shape index (κ2) is 11.4. The molecule has 0 radical (unpaired) electrons. The molecule has 0 spiro atoms. The summed E-state index contributed by atoms with van der Waals surface area (Å²) in [5.74, 6) is -0.986. The molecule has 0 aliphatic rings. The lowest BCUT2D eigenvalue weighted by Gasteiger charge is -2.21. The first kappa shape index (κ1) is 24.9. The van der Waals surface area contributed by atoms with Crippen molar-refractivity contribution in [2.24, 2.45) is 5.92 Å². The molecule has 0 saturated heterocycles. The fourth-order valence-electron chi connectivity index (χ4n) is 3.05. The van der Waals surface area contributed by atoms with Crippen molar-refractivity contribution in [2.75, 3.05) is 0 Å². The molecule has 3 rings (SSSR count). The van der Waals surface area contributed by atoms with E-state index < -0.39 is 23.8 Å². The summed E-state index contributed by atoms with van der Waals surface area (Å²) < 4.78 is 10.8. The number of aryl methyl sites for hydroxylation is 1. The molecule has 0 aliphatic heterocycles. The molecule has 0 saturated carbocycles. The highest BCUT2D eigenvalue weighted by Crippen LogP contribution is 2.22. The van der Waals surface area contributed by atoms with Crippen molar-refractivity contribution in [3.63, 3.8) is 0 Å². The zero-order valence-corrected chi connectivity index (χ0v) is 19.8. The van der Waals surface area contributed by atoms with Gasteiger partial charge in [0.25, 0.3) is 17.7 Å². The monoisotopic (exact) mass is 483 g/mol. The summed E-state index contributed by atoms with van der Waals surface area (Å²) in [6, 6.07) is 14.4. The van der Waals surface area contributed by atoms with Crippen LogP contribution in [0.15, 0.2) is 65.3 Å². The van der Waals surface area contributed by atoms with Crippen LogP contribution in [-0.2, 0) is 11.4 Å². The molecule has 0 fully saturated rings. The Kier molecular flexibility index (Phi) is 8.32. The Balaban J connectivity index is 1.51. The van der Waals surface area contributed by atoms with E-state index in [-0.39, 0.29) is 11.7 Å². The third kappa shape index (κ3) is 6.62. The van der Waals surface area contributed by atoms with Crippen LogP contribution in [0.2, 0.25) is 5.02 Å². The molecule has 1 atom stereocenters. The molecular formula is C25H26ClN3O5. The Bertz CT molecular complexity index is 1140. The maximum absolute atomic E-state index is 12.5. The number of ether oxygens (including phenoxy) is 1. The van der Waals surface area contributed by atoms with E-state index in [0.29, 0.717) is 22.9 Å². The Morgan fingerprint density at radius 2 is 1.74 bits per heavy atom. The SMILES string of the molecule is Cc1cc(OCc2ccc(C(=O)NNC(=O)[C@@H](NC(=O)c3ccco3)C(C)C)cc2)ccc1Cl. The number of hydrogen-bond donors (Lipinski definition) is 3.